The number of hydrogen-bond donors (Lipinski definition) is 2. The van der Waals surface area contributed by atoms with Crippen molar-refractivity contribution >= 4 is 11.6 Å². The maximum absolute atomic E-state index is 14.4. The van der Waals surface area contributed by atoms with Gasteiger partial charge in [0.05, 0.1) is 40.9 Å². The lowest BCUT2D eigenvalue weighted by Crippen LogP contribution is -2.42. The first-order valence-corrected chi connectivity index (χ1v) is 10.7. The highest BCUT2D eigenvalue weighted by atomic mass is 19.1. The minimum atomic E-state index is -0.692. The first-order valence-electron chi connectivity index (χ1n) is 10.7. The third-order valence-corrected chi connectivity index (χ3v) is 6.04. The summed E-state index contributed by atoms with van der Waals surface area (Å²) in [6, 6.07) is 9.38. The number of nitrogens with one attached hydrogen (secondary N) is 1. The fourth-order valence-corrected chi connectivity index (χ4v) is 4.47. The molecule has 3 aromatic rings. The minimum absolute atomic E-state index is 0.165. The van der Waals surface area contributed by atoms with E-state index in [1.165, 1.54) is 18.2 Å². The second-order valence-electron chi connectivity index (χ2n) is 8.30. The lowest BCUT2D eigenvalue weighted by Gasteiger charge is -2.32. The van der Waals surface area contributed by atoms with E-state index in [-0.39, 0.29) is 29.8 Å². The smallest absolute Gasteiger partial charge is 0.253 e. The zero-order valence-electron chi connectivity index (χ0n) is 17.4. The molecule has 1 fully saturated rings. The summed E-state index contributed by atoms with van der Waals surface area (Å²) in [6.07, 6.45) is 4.24. The number of hydrogen-bond acceptors (Lipinski definition) is 5. The molecule has 164 valence electrons. The lowest BCUT2D eigenvalue weighted by molar-refractivity contribution is 0.0965. The maximum atomic E-state index is 14.4. The number of piperidine rings is 1. The molecule has 3 N–H and O–H groups in total. The van der Waals surface area contributed by atoms with E-state index in [0.29, 0.717) is 23.2 Å². The van der Waals surface area contributed by atoms with Crippen LogP contribution in [0.4, 0.5) is 14.5 Å². The van der Waals surface area contributed by atoms with Crippen molar-refractivity contribution in [1.82, 2.24) is 15.3 Å². The third kappa shape index (κ3) is 3.82. The average Bonchev–Trinajstić information content (AvgIpc) is 3.15. The Balaban J connectivity index is 1.48. The summed E-state index contributed by atoms with van der Waals surface area (Å²) in [6.45, 7) is 1.98. The Morgan fingerprint density at radius 3 is 2.69 bits per heavy atom. The molecule has 0 aliphatic carbocycles. The van der Waals surface area contributed by atoms with Crippen molar-refractivity contribution in [3.63, 3.8) is 0 Å². The van der Waals surface area contributed by atoms with E-state index >= 15 is 0 Å². The summed E-state index contributed by atoms with van der Waals surface area (Å²) in [5.41, 5.74) is 9.41. The van der Waals surface area contributed by atoms with E-state index in [9.17, 15) is 13.6 Å². The molecule has 6 nitrogen and oxygen atoms in total. The van der Waals surface area contributed by atoms with Gasteiger partial charge in [0.2, 0.25) is 0 Å². The summed E-state index contributed by atoms with van der Waals surface area (Å²) in [5, 5.41) is 2.75. The number of fused-ring (bicyclic) bond motifs is 1. The summed E-state index contributed by atoms with van der Waals surface area (Å²) in [4.78, 5) is 23.6. The SMILES string of the molecule is N[C@@H]1CCCN(c2ccc(Cc3cc(-c4c(F)cccc4F)nc4c3C(=O)NC4)nc2)C1. The van der Waals surface area contributed by atoms with Gasteiger partial charge in [-0.25, -0.2) is 13.8 Å². The van der Waals surface area contributed by atoms with E-state index in [4.69, 9.17) is 5.73 Å². The van der Waals surface area contributed by atoms with Gasteiger partial charge in [0.15, 0.2) is 0 Å². The van der Waals surface area contributed by atoms with Gasteiger partial charge in [-0.3, -0.25) is 9.78 Å². The Bertz CT molecular complexity index is 1160. The third-order valence-electron chi connectivity index (χ3n) is 6.04. The van der Waals surface area contributed by atoms with Crippen LogP contribution in [0.3, 0.4) is 0 Å². The van der Waals surface area contributed by atoms with Crippen molar-refractivity contribution in [1.29, 1.82) is 0 Å². The summed E-state index contributed by atoms with van der Waals surface area (Å²) >= 11 is 0. The summed E-state index contributed by atoms with van der Waals surface area (Å²) < 4.78 is 28.8. The molecule has 1 saturated heterocycles. The number of carbonyl (C=O) groups is 1. The number of nitrogens with two attached hydrogens (primary N) is 1. The largest absolute Gasteiger partial charge is 0.369 e. The number of rotatable bonds is 4. The second-order valence-corrected chi connectivity index (χ2v) is 8.30. The molecule has 0 unspecified atom stereocenters. The predicted molar refractivity (Wildman–Crippen MR) is 117 cm³/mol. The number of carbonyl (C=O) groups excluding carboxylic acids is 1. The highest BCUT2D eigenvalue weighted by Crippen LogP contribution is 2.30. The first kappa shape index (κ1) is 20.5. The lowest BCUT2D eigenvalue weighted by atomic mass is 9.98. The molecule has 2 aliphatic heterocycles. The van der Waals surface area contributed by atoms with Crippen LogP contribution in [0.5, 0.6) is 0 Å². The van der Waals surface area contributed by atoms with Crippen LogP contribution in [-0.4, -0.2) is 35.0 Å². The van der Waals surface area contributed by atoms with Crippen molar-refractivity contribution in [2.24, 2.45) is 5.73 Å². The molecule has 2 aromatic heterocycles. The Morgan fingerprint density at radius 1 is 1.16 bits per heavy atom. The topological polar surface area (TPSA) is 84.1 Å². The molecule has 1 aromatic carbocycles. The van der Waals surface area contributed by atoms with Gasteiger partial charge in [0, 0.05) is 31.2 Å². The number of anilines is 1. The van der Waals surface area contributed by atoms with E-state index in [1.54, 1.807) is 6.07 Å². The minimum Gasteiger partial charge on any atom is -0.369 e. The average molecular weight is 435 g/mol. The zero-order chi connectivity index (χ0) is 22.2. The standard InChI is InChI=1S/C24H23F2N5O/c25-18-4-1-5-19(26)23(18)20-10-14(22-21(30-20)12-29-24(22)32)9-16-6-7-17(11-28-16)31-8-2-3-15(27)13-31/h1,4-7,10-11,15H,2-3,8-9,12-13,27H2,(H,29,32)/t15-/m1/s1. The van der Waals surface area contributed by atoms with Crippen LogP contribution in [0.25, 0.3) is 11.3 Å². The summed E-state index contributed by atoms with van der Waals surface area (Å²) in [5.74, 6) is -1.62. The number of aromatic nitrogens is 2. The van der Waals surface area contributed by atoms with Crippen LogP contribution in [0, 0.1) is 11.6 Å². The molecule has 2 aliphatic rings. The van der Waals surface area contributed by atoms with Crippen LogP contribution in [0.1, 0.15) is 40.2 Å². The summed E-state index contributed by atoms with van der Waals surface area (Å²) in [7, 11) is 0. The van der Waals surface area contributed by atoms with Gasteiger partial charge in [0.1, 0.15) is 11.6 Å². The molecule has 0 saturated carbocycles. The molecule has 4 heterocycles. The van der Waals surface area contributed by atoms with Gasteiger partial charge in [-0.15, -0.1) is 0 Å². The highest BCUT2D eigenvalue weighted by Gasteiger charge is 2.27. The molecule has 0 radical (unpaired) electrons. The Hall–Kier alpha value is -3.39. The second kappa shape index (κ2) is 8.27. The first-order chi connectivity index (χ1) is 15.5. The Morgan fingerprint density at radius 2 is 1.97 bits per heavy atom. The van der Waals surface area contributed by atoms with E-state index in [1.807, 2.05) is 18.3 Å². The fraction of sp³-hybridized carbons (Fsp3) is 0.292. The van der Waals surface area contributed by atoms with Gasteiger partial charge < -0.3 is 16.0 Å². The van der Waals surface area contributed by atoms with Crippen molar-refractivity contribution in [2.45, 2.75) is 31.8 Å². The molecule has 8 heteroatoms. The number of amides is 1. The van der Waals surface area contributed by atoms with Gasteiger partial charge in [-0.2, -0.15) is 0 Å². The molecule has 0 spiro atoms. The highest BCUT2D eigenvalue weighted by molar-refractivity contribution is 5.99. The van der Waals surface area contributed by atoms with E-state index in [2.05, 4.69) is 20.2 Å². The van der Waals surface area contributed by atoms with Gasteiger partial charge in [-0.1, -0.05) is 6.07 Å². The van der Waals surface area contributed by atoms with Crippen LogP contribution in [0.2, 0.25) is 0 Å². The number of nitrogens with zero attached hydrogens (tertiary/aromatic N) is 3. The quantitative estimate of drug-likeness (QED) is 0.658. The van der Waals surface area contributed by atoms with Crippen LogP contribution in [0.15, 0.2) is 42.6 Å². The normalized spacial score (nSPS) is 17.9. The molecule has 1 atom stereocenters. The molecule has 1 amide bonds. The molecular weight excluding hydrogens is 412 g/mol. The van der Waals surface area contributed by atoms with Gasteiger partial charge >= 0.3 is 0 Å². The monoisotopic (exact) mass is 435 g/mol. The molecule has 5 rings (SSSR count). The molecule has 32 heavy (non-hydrogen) atoms. The number of pyridine rings is 2. The predicted octanol–water partition coefficient (Wildman–Crippen LogP) is 3.18. The zero-order valence-corrected chi connectivity index (χ0v) is 17.4. The van der Waals surface area contributed by atoms with Gasteiger partial charge in [-0.05, 0) is 48.7 Å². The van der Waals surface area contributed by atoms with Crippen LogP contribution < -0.4 is 16.0 Å². The number of benzene rings is 1. The van der Waals surface area contributed by atoms with Gasteiger partial charge in [0.25, 0.3) is 5.91 Å². The Kier molecular flexibility index (Phi) is 5.30. The van der Waals surface area contributed by atoms with E-state index in [0.717, 1.165) is 37.3 Å². The van der Waals surface area contributed by atoms with Crippen molar-refractivity contribution in [3.05, 3.63) is 76.7 Å². The fourth-order valence-electron chi connectivity index (χ4n) is 4.47. The van der Waals surface area contributed by atoms with Crippen LogP contribution >= 0.6 is 0 Å². The van der Waals surface area contributed by atoms with Crippen molar-refractivity contribution < 1.29 is 13.6 Å². The molecular formula is C24H23F2N5O. The van der Waals surface area contributed by atoms with Crippen molar-refractivity contribution in [2.75, 3.05) is 18.0 Å². The van der Waals surface area contributed by atoms with Crippen LogP contribution in [-0.2, 0) is 13.0 Å². The Labute approximate surface area is 184 Å². The van der Waals surface area contributed by atoms with Crippen molar-refractivity contribution in [3.8, 4) is 11.3 Å². The van der Waals surface area contributed by atoms with E-state index < -0.39 is 11.6 Å². The number of halogens is 2. The maximum Gasteiger partial charge on any atom is 0.253 e. The molecule has 0 bridgehead atoms.